The summed E-state index contributed by atoms with van der Waals surface area (Å²) in [4.78, 5) is 115. The monoisotopic (exact) mass is 2090 g/mol. The largest absolute Gasteiger partial charge is 0.492 e. The molecule has 16 N–H and O–H groups in total. The number of halogens is 4. The quantitative estimate of drug-likeness (QED) is 0.0180. The van der Waals surface area contributed by atoms with Crippen LogP contribution in [0.3, 0.4) is 0 Å². The molecule has 0 saturated heterocycles. The Balaban J connectivity index is 0.000000139. The van der Waals surface area contributed by atoms with Crippen molar-refractivity contribution in [2.75, 3.05) is 51.7 Å². The number of hydrogen-bond donors (Lipinski definition) is 11. The summed E-state index contributed by atoms with van der Waals surface area (Å²) >= 11 is 9.62. The number of anilines is 12. The number of rotatable bonds is 31. The first kappa shape index (κ1) is 106. The van der Waals surface area contributed by atoms with Crippen LogP contribution in [-0.4, -0.2) is 134 Å². The topological polar surface area (TPSA) is 498 Å². The molecule has 0 bridgehead atoms. The molecule has 6 aromatic carbocycles. The standard InChI is InChI=1S/C19H20N4O2S.C18H20N4O2S.C17H15F3N4O2S.C17H18N4O2S.C16H16N4O2S.C15H14FN3OS/c1-11-8-15-17(26-11)19(22-10-21-15)23-14-7-6-12(18(20)24)9-16(14)25-13-4-2-3-5-13;1-4-10(2)24-15-8-12(17(19)23)5-6-13(15)22-18-16-14(20-9-21-18)7-11(3)25-16;1-9-6-12-14(27-9)16(23-8-22-12)24-11-3-2-10(15(21)25)7-13(11)26-5-4-17(18,19)20;1-9(2)23-14-7-11(16(18)22)4-5-12(14)21-17-15-13(19-8-20-17)6-10(3)24-15;1-3-22-13-7-10(15(17)21)4-5-11(13)20-16-14-12(18-8-19-16)6-9(2)23-14;1-3-20-13-7-10(16)4-5-11(13)19-15-14-12(17-8-18-15)6-9(2)21-14/h6-10,13H,2-5H2,1H3,(H2,20,24)(H,21,22,23);5-10H,4H2,1-3H3,(H2,19,23)(H,20,21,22);2-3,6-8H,4-5H2,1H3,(H2,21,25)(H,22,23,24);4-9H,1-3H3,(H2,18,22)(H,19,20,21);4-8H,3H2,1-2H3,(H2,17,21)(H,18,19,20);4-8H,3H2,1-2H3,(H,17,18,19). The minimum Gasteiger partial charge on any atom is -0.492 e. The van der Waals surface area contributed by atoms with Crippen molar-refractivity contribution in [1.29, 1.82) is 0 Å². The Labute approximate surface area is 859 Å². The summed E-state index contributed by atoms with van der Waals surface area (Å²) in [6.45, 7) is 24.1. The van der Waals surface area contributed by atoms with Crippen LogP contribution in [0.5, 0.6) is 34.5 Å². The molecule has 756 valence electrons. The number of thiophene rings is 6. The molecule has 1 atom stereocenters. The third-order valence-corrected chi connectivity index (χ3v) is 27.8. The summed E-state index contributed by atoms with van der Waals surface area (Å²) in [5.74, 6) is 3.95. The summed E-state index contributed by atoms with van der Waals surface area (Å²) in [6, 6.07) is 41.2. The Morgan fingerprint density at radius 3 is 0.877 bits per heavy atom. The van der Waals surface area contributed by atoms with E-state index in [0.717, 1.165) is 129 Å². The molecule has 1 aliphatic rings. The number of hydrogen-bond acceptors (Lipinski definition) is 35. The predicted molar refractivity (Wildman–Crippen MR) is 571 cm³/mol. The molecule has 0 spiro atoms. The van der Waals surface area contributed by atoms with Crippen LogP contribution in [0.1, 0.15) is 161 Å². The zero-order chi connectivity index (χ0) is 104. The van der Waals surface area contributed by atoms with Gasteiger partial charge >= 0.3 is 6.18 Å². The molecular formula is C102H103F4N23O11S6. The third kappa shape index (κ3) is 28.0. The number of benzene rings is 6. The summed E-state index contributed by atoms with van der Waals surface area (Å²) < 4.78 is 90.5. The fourth-order valence-electron chi connectivity index (χ4n) is 14.6. The fourth-order valence-corrected chi connectivity index (χ4v) is 20.1. The lowest BCUT2D eigenvalue weighted by atomic mass is 10.1. The minimum atomic E-state index is -4.35. The summed E-state index contributed by atoms with van der Waals surface area (Å²) in [5, 5.41) is 19.5. The lowest BCUT2D eigenvalue weighted by molar-refractivity contribution is -0.139. The molecule has 44 heteroatoms. The number of primary amides is 5. The van der Waals surface area contributed by atoms with E-state index in [1.165, 1.54) is 95.9 Å². The van der Waals surface area contributed by atoms with E-state index < -0.39 is 48.7 Å². The Morgan fingerprint density at radius 2 is 0.603 bits per heavy atom. The number of nitrogens with two attached hydrogens (primary N) is 5. The van der Waals surface area contributed by atoms with Crippen LogP contribution in [0.2, 0.25) is 0 Å². The SMILES string of the molecule is CCC(C)Oc1cc(C(N)=O)ccc1Nc1ncnc2cc(C)sc12.CCOc1cc(C(N)=O)ccc1Nc1ncnc2cc(C)sc12.CCOc1cc(F)ccc1Nc1ncnc2cc(C)sc12.Cc1cc2ncnc(Nc3ccc(C(N)=O)cc3OC(C)C)c2s1.Cc1cc2ncnc(Nc3ccc(C(N)=O)cc3OC3CCCC3)c2s1.Cc1cc2ncnc(Nc3ccc(C(N)=O)cc3OCCC(F)(F)F)c2s1. The van der Waals surface area contributed by atoms with Crippen LogP contribution >= 0.6 is 68.0 Å². The van der Waals surface area contributed by atoms with Crippen molar-refractivity contribution in [2.45, 2.75) is 146 Å². The summed E-state index contributed by atoms with van der Waals surface area (Å²) in [6.07, 6.45) is 8.97. The van der Waals surface area contributed by atoms with Crippen molar-refractivity contribution in [1.82, 2.24) is 59.8 Å². The maximum atomic E-state index is 13.3. The highest BCUT2D eigenvalue weighted by atomic mass is 32.1. The minimum absolute atomic E-state index is 0.0121. The highest BCUT2D eigenvalue weighted by molar-refractivity contribution is 7.21. The van der Waals surface area contributed by atoms with Gasteiger partial charge in [0.15, 0.2) is 34.9 Å². The van der Waals surface area contributed by atoms with E-state index in [1.807, 2.05) is 126 Å². The molecule has 12 heterocycles. The first-order chi connectivity index (χ1) is 70.0. The van der Waals surface area contributed by atoms with Crippen LogP contribution in [0.25, 0.3) is 61.3 Å². The maximum Gasteiger partial charge on any atom is 0.392 e. The van der Waals surface area contributed by atoms with Gasteiger partial charge in [-0.2, -0.15) is 13.2 Å². The van der Waals surface area contributed by atoms with Crippen molar-refractivity contribution in [2.24, 2.45) is 28.7 Å². The molecular weight excluding hydrogens is 1990 g/mol. The van der Waals surface area contributed by atoms with Gasteiger partial charge in [0.05, 0.1) is 140 Å². The molecule has 18 aromatic rings. The van der Waals surface area contributed by atoms with Crippen molar-refractivity contribution >= 4 is 228 Å². The third-order valence-electron chi connectivity index (χ3n) is 21.5. The second-order valence-corrected chi connectivity index (χ2v) is 40.7. The Kier molecular flexibility index (Phi) is 35.2. The number of alkyl halides is 3. The molecule has 12 aromatic heterocycles. The van der Waals surface area contributed by atoms with Gasteiger partial charge < -0.3 is 89.0 Å². The Hall–Kier alpha value is -15.8. The second-order valence-electron chi connectivity index (χ2n) is 33.1. The van der Waals surface area contributed by atoms with Crippen LogP contribution < -0.4 is 89.0 Å². The molecule has 1 aliphatic carbocycles. The molecule has 34 nitrogen and oxygen atoms in total. The van der Waals surface area contributed by atoms with Gasteiger partial charge in [0, 0.05) is 63.1 Å². The number of amides is 5. The van der Waals surface area contributed by atoms with Gasteiger partial charge in [-0.1, -0.05) is 6.92 Å². The van der Waals surface area contributed by atoms with Gasteiger partial charge in [-0.3, -0.25) is 24.0 Å². The fraction of sp³-hybridized carbons (Fsp3) is 0.245. The molecule has 146 heavy (non-hydrogen) atoms. The molecule has 1 saturated carbocycles. The summed E-state index contributed by atoms with van der Waals surface area (Å²) in [5.41, 5.74) is 37.8. The van der Waals surface area contributed by atoms with E-state index in [-0.39, 0.29) is 35.4 Å². The van der Waals surface area contributed by atoms with Crippen LogP contribution in [0.4, 0.5) is 86.6 Å². The van der Waals surface area contributed by atoms with Crippen molar-refractivity contribution in [3.05, 3.63) is 246 Å². The first-order valence-electron chi connectivity index (χ1n) is 45.8. The number of ether oxygens (including phenoxy) is 6. The van der Waals surface area contributed by atoms with E-state index in [1.54, 1.807) is 136 Å². The van der Waals surface area contributed by atoms with Gasteiger partial charge in [-0.05, 0) is 248 Å². The molecule has 0 aliphatic heterocycles. The summed E-state index contributed by atoms with van der Waals surface area (Å²) in [7, 11) is 0. The van der Waals surface area contributed by atoms with Crippen molar-refractivity contribution in [3.63, 3.8) is 0 Å². The lowest BCUT2D eigenvalue weighted by Gasteiger charge is -2.18. The number of carbonyl (C=O) groups is 5. The normalized spacial score (nSPS) is 11.9. The van der Waals surface area contributed by atoms with Gasteiger partial charge in [-0.15, -0.1) is 68.0 Å². The first-order valence-corrected chi connectivity index (χ1v) is 50.7. The van der Waals surface area contributed by atoms with E-state index in [4.69, 9.17) is 57.1 Å². The van der Waals surface area contributed by atoms with E-state index in [9.17, 15) is 41.5 Å². The molecule has 5 amide bonds. The maximum absolute atomic E-state index is 13.3. The highest BCUT2D eigenvalue weighted by Gasteiger charge is 2.29. The zero-order valence-corrected chi connectivity index (χ0v) is 86.0. The van der Waals surface area contributed by atoms with E-state index >= 15 is 0 Å². The second kappa shape index (κ2) is 48.5. The Bertz CT molecular complexity index is 7770. The zero-order valence-electron chi connectivity index (χ0n) is 81.1. The van der Waals surface area contributed by atoms with Crippen molar-refractivity contribution < 1.29 is 70.0 Å². The number of fused-ring (bicyclic) bond motifs is 6. The van der Waals surface area contributed by atoms with Gasteiger partial charge in [0.25, 0.3) is 0 Å². The van der Waals surface area contributed by atoms with Gasteiger partial charge in [0.2, 0.25) is 29.5 Å². The van der Waals surface area contributed by atoms with Gasteiger partial charge in [0.1, 0.15) is 78.3 Å². The average Bonchev–Trinajstić information content (AvgIpc) is 1.64. The smallest absolute Gasteiger partial charge is 0.392 e. The molecule has 1 fully saturated rings. The van der Waals surface area contributed by atoms with E-state index in [0.29, 0.717) is 105 Å². The number of aromatic nitrogens is 12. The molecule has 19 rings (SSSR count). The van der Waals surface area contributed by atoms with Gasteiger partial charge in [-0.25, -0.2) is 64.2 Å². The van der Waals surface area contributed by atoms with Crippen molar-refractivity contribution in [3.8, 4) is 34.5 Å². The van der Waals surface area contributed by atoms with Crippen LogP contribution in [0.15, 0.2) is 184 Å². The number of aryl methyl sites for hydroxylation is 6. The number of nitrogens with one attached hydrogen (secondary N) is 6. The van der Waals surface area contributed by atoms with E-state index in [2.05, 4.69) is 91.7 Å². The molecule has 0 radical (unpaired) electrons. The highest BCUT2D eigenvalue weighted by Crippen LogP contribution is 2.43. The number of nitrogens with zero attached hydrogens (tertiary/aromatic N) is 12. The number of carbonyl (C=O) groups excluding carboxylic acids is 5. The average molecular weight is 2100 g/mol. The van der Waals surface area contributed by atoms with Crippen LogP contribution in [-0.2, 0) is 0 Å². The molecule has 1 unspecified atom stereocenters. The lowest BCUT2D eigenvalue weighted by Crippen LogP contribution is -2.15. The predicted octanol–water partition coefficient (Wildman–Crippen LogP) is 23.5. The van der Waals surface area contributed by atoms with Crippen LogP contribution in [0, 0.1) is 47.4 Å². The Morgan fingerprint density at radius 1 is 0.349 bits per heavy atom.